The molecule has 134 valence electrons. The SMILES string of the molecule is N#Cc1cc([N+](=O)[O-])ccc1NCC1(N2CCOCC2)CCCCC1. The summed E-state index contributed by atoms with van der Waals surface area (Å²) in [6.45, 7) is 4.16. The van der Waals surface area contributed by atoms with Crippen LogP contribution in [0.2, 0.25) is 0 Å². The number of ether oxygens (including phenoxy) is 1. The van der Waals surface area contributed by atoms with Crippen LogP contribution in [0.4, 0.5) is 11.4 Å². The Balaban J connectivity index is 1.77. The third-order valence-electron chi connectivity index (χ3n) is 5.41. The molecule has 1 saturated heterocycles. The maximum atomic E-state index is 10.9. The standard InChI is InChI=1S/C18H24N4O3/c19-13-15-12-16(22(23)24)4-5-17(15)20-14-18(6-2-1-3-7-18)21-8-10-25-11-9-21/h4-5,12,20H,1-3,6-11,14H2. The van der Waals surface area contributed by atoms with Crippen LogP contribution < -0.4 is 5.32 Å². The zero-order valence-corrected chi connectivity index (χ0v) is 14.4. The van der Waals surface area contributed by atoms with Gasteiger partial charge < -0.3 is 10.1 Å². The Morgan fingerprint density at radius 2 is 2.00 bits per heavy atom. The average Bonchev–Trinajstić information content (AvgIpc) is 2.67. The van der Waals surface area contributed by atoms with Crippen LogP contribution in [0.5, 0.6) is 0 Å². The van der Waals surface area contributed by atoms with E-state index in [0.29, 0.717) is 11.3 Å². The van der Waals surface area contributed by atoms with Crippen LogP contribution in [0.15, 0.2) is 18.2 Å². The molecule has 7 heteroatoms. The number of benzene rings is 1. The number of anilines is 1. The van der Waals surface area contributed by atoms with Crippen molar-refractivity contribution < 1.29 is 9.66 Å². The molecule has 1 N–H and O–H groups in total. The van der Waals surface area contributed by atoms with Crippen molar-refractivity contribution in [2.75, 3.05) is 38.2 Å². The minimum Gasteiger partial charge on any atom is -0.382 e. The van der Waals surface area contributed by atoms with E-state index in [1.165, 1.54) is 31.4 Å². The van der Waals surface area contributed by atoms with Gasteiger partial charge in [0.25, 0.3) is 5.69 Å². The molecule has 25 heavy (non-hydrogen) atoms. The summed E-state index contributed by atoms with van der Waals surface area (Å²) in [5.74, 6) is 0. The summed E-state index contributed by atoms with van der Waals surface area (Å²) in [5, 5.41) is 23.6. The van der Waals surface area contributed by atoms with E-state index in [4.69, 9.17) is 4.74 Å². The average molecular weight is 344 g/mol. The van der Waals surface area contributed by atoms with Crippen molar-refractivity contribution in [2.45, 2.75) is 37.6 Å². The van der Waals surface area contributed by atoms with E-state index in [1.807, 2.05) is 0 Å². The maximum Gasteiger partial charge on any atom is 0.270 e. The van der Waals surface area contributed by atoms with Gasteiger partial charge in [-0.1, -0.05) is 19.3 Å². The molecule has 0 atom stereocenters. The molecule has 0 bridgehead atoms. The number of rotatable bonds is 5. The summed E-state index contributed by atoms with van der Waals surface area (Å²) >= 11 is 0. The second-order valence-electron chi connectivity index (χ2n) is 6.84. The molecule has 2 aliphatic rings. The Morgan fingerprint density at radius 1 is 1.28 bits per heavy atom. The first-order valence-corrected chi connectivity index (χ1v) is 8.90. The van der Waals surface area contributed by atoms with Gasteiger partial charge in [0.15, 0.2) is 0 Å². The Morgan fingerprint density at radius 3 is 2.64 bits per heavy atom. The summed E-state index contributed by atoms with van der Waals surface area (Å²) in [6, 6.07) is 6.50. The number of nitrogens with zero attached hydrogens (tertiary/aromatic N) is 3. The summed E-state index contributed by atoms with van der Waals surface area (Å²) in [4.78, 5) is 13.0. The van der Waals surface area contributed by atoms with E-state index in [-0.39, 0.29) is 11.2 Å². The summed E-state index contributed by atoms with van der Waals surface area (Å²) in [6.07, 6.45) is 5.96. The van der Waals surface area contributed by atoms with Crippen LogP contribution in [0.25, 0.3) is 0 Å². The number of nitriles is 1. The molecule has 1 aromatic rings. The van der Waals surface area contributed by atoms with Gasteiger partial charge in [-0.25, -0.2) is 0 Å². The number of hydrogen-bond acceptors (Lipinski definition) is 6. The highest BCUT2D eigenvalue weighted by molar-refractivity contribution is 5.61. The summed E-state index contributed by atoms with van der Waals surface area (Å²) < 4.78 is 5.50. The zero-order valence-electron chi connectivity index (χ0n) is 14.4. The van der Waals surface area contributed by atoms with Crippen molar-refractivity contribution >= 4 is 11.4 Å². The van der Waals surface area contributed by atoms with Gasteiger partial charge in [-0.15, -0.1) is 0 Å². The van der Waals surface area contributed by atoms with Gasteiger partial charge in [0.05, 0.1) is 29.4 Å². The van der Waals surface area contributed by atoms with E-state index < -0.39 is 4.92 Å². The molecule has 0 amide bonds. The Kier molecular flexibility index (Phi) is 5.51. The molecular formula is C18H24N4O3. The Bertz CT molecular complexity index is 659. The second-order valence-corrected chi connectivity index (χ2v) is 6.84. The van der Waals surface area contributed by atoms with E-state index >= 15 is 0 Å². The third-order valence-corrected chi connectivity index (χ3v) is 5.41. The lowest BCUT2D eigenvalue weighted by Gasteiger charge is -2.48. The van der Waals surface area contributed by atoms with Gasteiger partial charge >= 0.3 is 0 Å². The number of nitro benzene ring substituents is 1. The van der Waals surface area contributed by atoms with Crippen molar-refractivity contribution in [1.82, 2.24) is 4.90 Å². The zero-order chi connectivity index (χ0) is 17.7. The van der Waals surface area contributed by atoms with Crippen LogP contribution in [-0.4, -0.2) is 48.2 Å². The minimum atomic E-state index is -0.471. The van der Waals surface area contributed by atoms with Crippen LogP contribution in [0, 0.1) is 21.4 Å². The fourth-order valence-electron chi connectivity index (χ4n) is 4.00. The fourth-order valence-corrected chi connectivity index (χ4v) is 4.00. The number of nitrogens with one attached hydrogen (secondary N) is 1. The van der Waals surface area contributed by atoms with Crippen LogP contribution >= 0.6 is 0 Å². The second kappa shape index (κ2) is 7.81. The van der Waals surface area contributed by atoms with Crippen LogP contribution in [0.1, 0.15) is 37.7 Å². The van der Waals surface area contributed by atoms with Crippen LogP contribution in [0.3, 0.4) is 0 Å². The topological polar surface area (TPSA) is 91.4 Å². The lowest BCUT2D eigenvalue weighted by Crippen LogP contribution is -2.58. The highest BCUT2D eigenvalue weighted by Crippen LogP contribution is 2.35. The normalized spacial score (nSPS) is 20.6. The summed E-state index contributed by atoms with van der Waals surface area (Å²) in [5.41, 5.74) is 1.02. The number of nitro groups is 1. The largest absolute Gasteiger partial charge is 0.382 e. The van der Waals surface area contributed by atoms with Crippen molar-refractivity contribution in [2.24, 2.45) is 0 Å². The quantitative estimate of drug-likeness (QED) is 0.652. The van der Waals surface area contributed by atoms with Crippen molar-refractivity contribution in [3.05, 3.63) is 33.9 Å². The smallest absolute Gasteiger partial charge is 0.270 e. The first-order valence-electron chi connectivity index (χ1n) is 8.90. The van der Waals surface area contributed by atoms with Gasteiger partial charge in [-0.05, 0) is 18.9 Å². The Labute approximate surface area is 147 Å². The van der Waals surface area contributed by atoms with Crippen molar-refractivity contribution in [1.29, 1.82) is 5.26 Å². The lowest BCUT2D eigenvalue weighted by atomic mass is 9.79. The molecule has 7 nitrogen and oxygen atoms in total. The molecule has 0 unspecified atom stereocenters. The van der Waals surface area contributed by atoms with Gasteiger partial charge in [0.1, 0.15) is 6.07 Å². The van der Waals surface area contributed by atoms with Crippen molar-refractivity contribution in [3.8, 4) is 6.07 Å². The molecule has 0 aromatic heterocycles. The number of non-ortho nitro benzene ring substituents is 1. The lowest BCUT2D eigenvalue weighted by molar-refractivity contribution is -0.384. The van der Waals surface area contributed by atoms with Gasteiger partial charge in [0.2, 0.25) is 0 Å². The molecule has 1 aliphatic heterocycles. The fraction of sp³-hybridized carbons (Fsp3) is 0.611. The molecule has 2 fully saturated rings. The predicted molar refractivity (Wildman–Crippen MR) is 94.5 cm³/mol. The Hall–Kier alpha value is -2.17. The summed E-state index contributed by atoms with van der Waals surface area (Å²) in [7, 11) is 0. The first-order chi connectivity index (χ1) is 12.1. The van der Waals surface area contributed by atoms with Gasteiger partial charge in [0, 0.05) is 37.3 Å². The molecule has 3 rings (SSSR count). The number of morpholine rings is 1. The van der Waals surface area contributed by atoms with E-state index in [0.717, 1.165) is 45.7 Å². The molecule has 1 saturated carbocycles. The van der Waals surface area contributed by atoms with Gasteiger partial charge in [-0.2, -0.15) is 5.26 Å². The van der Waals surface area contributed by atoms with Gasteiger partial charge in [-0.3, -0.25) is 15.0 Å². The molecule has 1 aromatic carbocycles. The predicted octanol–water partition coefficient (Wildman–Crippen LogP) is 2.91. The first kappa shape index (κ1) is 17.6. The highest BCUT2D eigenvalue weighted by Gasteiger charge is 2.38. The maximum absolute atomic E-state index is 10.9. The van der Waals surface area contributed by atoms with E-state index in [1.54, 1.807) is 6.07 Å². The highest BCUT2D eigenvalue weighted by atomic mass is 16.6. The van der Waals surface area contributed by atoms with E-state index in [9.17, 15) is 15.4 Å². The molecule has 0 spiro atoms. The van der Waals surface area contributed by atoms with Crippen molar-refractivity contribution in [3.63, 3.8) is 0 Å². The van der Waals surface area contributed by atoms with Crippen LogP contribution in [-0.2, 0) is 4.74 Å². The molecular weight excluding hydrogens is 320 g/mol. The molecule has 1 aliphatic carbocycles. The number of hydrogen-bond donors (Lipinski definition) is 1. The third kappa shape index (κ3) is 3.91. The van der Waals surface area contributed by atoms with E-state index in [2.05, 4.69) is 16.3 Å². The monoisotopic (exact) mass is 344 g/mol. The molecule has 1 heterocycles. The molecule has 0 radical (unpaired) electrons. The minimum absolute atomic E-state index is 0.0531.